The number of amides is 2. The maximum Gasteiger partial charge on any atom is 0.290 e. The second-order valence-electron chi connectivity index (χ2n) is 5.76. The zero-order chi connectivity index (χ0) is 16.2. The molecule has 1 aliphatic rings. The van der Waals surface area contributed by atoms with Crippen LogP contribution in [-0.2, 0) is 11.2 Å². The van der Waals surface area contributed by atoms with Gasteiger partial charge in [0.25, 0.3) is 5.91 Å². The summed E-state index contributed by atoms with van der Waals surface area (Å²) in [5.41, 5.74) is 1.03. The van der Waals surface area contributed by atoms with Crippen LogP contribution in [0.2, 0.25) is 0 Å². The van der Waals surface area contributed by atoms with Crippen LogP contribution in [0.4, 0.5) is 0 Å². The molecule has 1 fully saturated rings. The van der Waals surface area contributed by atoms with E-state index in [-0.39, 0.29) is 17.6 Å². The molecule has 1 aromatic carbocycles. The van der Waals surface area contributed by atoms with Gasteiger partial charge in [0.2, 0.25) is 5.91 Å². The molecule has 0 spiro atoms. The van der Waals surface area contributed by atoms with E-state index in [0.717, 1.165) is 12.0 Å². The molecule has 1 unspecified atom stereocenters. The SMILES string of the molecule is Cc1ccc(C(=O)N2CCCNC(=O)C2Cc2ccccc2)o1. The van der Waals surface area contributed by atoms with Crippen LogP contribution >= 0.6 is 0 Å². The van der Waals surface area contributed by atoms with Crippen molar-refractivity contribution in [3.05, 3.63) is 59.5 Å². The second kappa shape index (κ2) is 6.69. The van der Waals surface area contributed by atoms with Gasteiger partial charge in [-0.2, -0.15) is 0 Å². The first-order valence-corrected chi connectivity index (χ1v) is 7.84. The molecule has 1 N–H and O–H groups in total. The maximum absolute atomic E-state index is 12.8. The van der Waals surface area contributed by atoms with Crippen molar-refractivity contribution < 1.29 is 14.0 Å². The van der Waals surface area contributed by atoms with E-state index in [0.29, 0.717) is 25.3 Å². The van der Waals surface area contributed by atoms with Gasteiger partial charge in [0, 0.05) is 19.5 Å². The first kappa shape index (κ1) is 15.3. The fourth-order valence-electron chi connectivity index (χ4n) is 2.85. The molecule has 5 nitrogen and oxygen atoms in total. The molecule has 2 aromatic rings. The van der Waals surface area contributed by atoms with Gasteiger partial charge in [0.05, 0.1) is 0 Å². The van der Waals surface area contributed by atoms with Crippen molar-refractivity contribution in [3.8, 4) is 0 Å². The Labute approximate surface area is 135 Å². The van der Waals surface area contributed by atoms with Crippen molar-refractivity contribution in [2.75, 3.05) is 13.1 Å². The summed E-state index contributed by atoms with van der Waals surface area (Å²) in [6.07, 6.45) is 1.24. The number of hydrogen-bond acceptors (Lipinski definition) is 3. The number of nitrogens with one attached hydrogen (secondary N) is 1. The monoisotopic (exact) mass is 312 g/mol. The van der Waals surface area contributed by atoms with E-state index < -0.39 is 6.04 Å². The molecule has 1 saturated heterocycles. The Balaban J connectivity index is 1.87. The number of furan rings is 1. The van der Waals surface area contributed by atoms with Crippen LogP contribution in [0.5, 0.6) is 0 Å². The van der Waals surface area contributed by atoms with Crippen LogP contribution in [0.15, 0.2) is 46.9 Å². The standard InChI is InChI=1S/C18H20N2O3/c1-13-8-9-16(23-13)18(22)20-11-5-10-19-17(21)15(20)12-14-6-3-2-4-7-14/h2-4,6-9,15H,5,10-12H2,1H3,(H,19,21). The Morgan fingerprint density at radius 3 is 2.74 bits per heavy atom. The molecular weight excluding hydrogens is 292 g/mol. The molecule has 1 aromatic heterocycles. The third-order valence-corrected chi connectivity index (χ3v) is 4.04. The highest BCUT2D eigenvalue weighted by atomic mass is 16.3. The summed E-state index contributed by atoms with van der Waals surface area (Å²) in [5, 5.41) is 2.89. The van der Waals surface area contributed by atoms with Crippen LogP contribution in [0.3, 0.4) is 0 Å². The van der Waals surface area contributed by atoms with Gasteiger partial charge in [-0.05, 0) is 31.0 Å². The van der Waals surface area contributed by atoms with Gasteiger partial charge in [-0.15, -0.1) is 0 Å². The molecule has 120 valence electrons. The first-order chi connectivity index (χ1) is 11.1. The zero-order valence-electron chi connectivity index (χ0n) is 13.1. The summed E-state index contributed by atoms with van der Waals surface area (Å²) in [6.45, 7) is 2.92. The number of benzene rings is 1. The predicted molar refractivity (Wildman–Crippen MR) is 86.0 cm³/mol. The summed E-state index contributed by atoms with van der Waals surface area (Å²) in [7, 11) is 0. The number of carbonyl (C=O) groups excluding carboxylic acids is 2. The third-order valence-electron chi connectivity index (χ3n) is 4.04. The molecule has 23 heavy (non-hydrogen) atoms. The van der Waals surface area contributed by atoms with Crippen molar-refractivity contribution in [1.29, 1.82) is 0 Å². The van der Waals surface area contributed by atoms with Crippen molar-refractivity contribution in [2.24, 2.45) is 0 Å². The summed E-state index contributed by atoms with van der Waals surface area (Å²) in [6, 6.07) is 12.7. The predicted octanol–water partition coefficient (Wildman–Crippen LogP) is 2.16. The van der Waals surface area contributed by atoms with Gasteiger partial charge in [-0.25, -0.2) is 0 Å². The largest absolute Gasteiger partial charge is 0.456 e. The van der Waals surface area contributed by atoms with E-state index in [1.807, 2.05) is 30.3 Å². The molecule has 2 amide bonds. The molecule has 0 radical (unpaired) electrons. The number of rotatable bonds is 3. The van der Waals surface area contributed by atoms with E-state index in [1.165, 1.54) is 0 Å². The van der Waals surface area contributed by atoms with E-state index in [1.54, 1.807) is 24.0 Å². The van der Waals surface area contributed by atoms with Gasteiger partial charge in [0.1, 0.15) is 11.8 Å². The quantitative estimate of drug-likeness (QED) is 0.944. The molecule has 3 rings (SSSR count). The molecular formula is C18H20N2O3. The lowest BCUT2D eigenvalue weighted by Crippen LogP contribution is -2.48. The summed E-state index contributed by atoms with van der Waals surface area (Å²) >= 11 is 0. The Hall–Kier alpha value is -2.56. The molecule has 2 heterocycles. The van der Waals surface area contributed by atoms with E-state index in [4.69, 9.17) is 4.42 Å². The number of carbonyl (C=O) groups is 2. The Bertz CT molecular complexity index is 693. The topological polar surface area (TPSA) is 62.6 Å². The van der Waals surface area contributed by atoms with Crippen LogP contribution in [-0.4, -0.2) is 35.8 Å². The average molecular weight is 312 g/mol. The van der Waals surface area contributed by atoms with Gasteiger partial charge >= 0.3 is 0 Å². The summed E-state index contributed by atoms with van der Waals surface area (Å²) < 4.78 is 5.45. The van der Waals surface area contributed by atoms with E-state index >= 15 is 0 Å². The lowest BCUT2D eigenvalue weighted by Gasteiger charge is -2.27. The number of nitrogens with zero attached hydrogens (tertiary/aromatic N) is 1. The van der Waals surface area contributed by atoms with Gasteiger partial charge in [0.15, 0.2) is 5.76 Å². The average Bonchev–Trinajstić information content (AvgIpc) is 2.91. The normalized spacial score (nSPS) is 18.4. The fourth-order valence-corrected chi connectivity index (χ4v) is 2.85. The van der Waals surface area contributed by atoms with Gasteiger partial charge in [-0.3, -0.25) is 9.59 Å². The smallest absolute Gasteiger partial charge is 0.290 e. The van der Waals surface area contributed by atoms with Crippen LogP contribution < -0.4 is 5.32 Å². The highest BCUT2D eigenvalue weighted by Crippen LogP contribution is 2.17. The van der Waals surface area contributed by atoms with Crippen LogP contribution in [0, 0.1) is 6.92 Å². The number of aryl methyl sites for hydroxylation is 1. The second-order valence-corrected chi connectivity index (χ2v) is 5.76. The van der Waals surface area contributed by atoms with E-state index in [9.17, 15) is 9.59 Å². The molecule has 0 aliphatic carbocycles. The fraction of sp³-hybridized carbons (Fsp3) is 0.333. The Kier molecular flexibility index (Phi) is 4.46. The summed E-state index contributed by atoms with van der Waals surface area (Å²) in [4.78, 5) is 26.8. The third kappa shape index (κ3) is 3.44. The van der Waals surface area contributed by atoms with Gasteiger partial charge < -0.3 is 14.6 Å². The van der Waals surface area contributed by atoms with Crippen molar-refractivity contribution in [1.82, 2.24) is 10.2 Å². The Morgan fingerprint density at radius 2 is 2.04 bits per heavy atom. The lowest BCUT2D eigenvalue weighted by atomic mass is 10.0. The lowest BCUT2D eigenvalue weighted by molar-refractivity contribution is -0.124. The molecule has 1 aliphatic heterocycles. The van der Waals surface area contributed by atoms with Crippen molar-refractivity contribution in [2.45, 2.75) is 25.8 Å². The number of hydrogen-bond donors (Lipinski definition) is 1. The van der Waals surface area contributed by atoms with Crippen LogP contribution in [0.1, 0.15) is 28.3 Å². The minimum absolute atomic E-state index is 0.108. The highest BCUT2D eigenvalue weighted by molar-refractivity contribution is 5.96. The van der Waals surface area contributed by atoms with E-state index in [2.05, 4.69) is 5.32 Å². The van der Waals surface area contributed by atoms with Gasteiger partial charge in [-0.1, -0.05) is 30.3 Å². The van der Waals surface area contributed by atoms with Crippen molar-refractivity contribution >= 4 is 11.8 Å². The van der Waals surface area contributed by atoms with Crippen LogP contribution in [0.25, 0.3) is 0 Å². The molecule has 0 saturated carbocycles. The molecule has 1 atom stereocenters. The molecule has 5 heteroatoms. The van der Waals surface area contributed by atoms with Crippen molar-refractivity contribution in [3.63, 3.8) is 0 Å². The summed E-state index contributed by atoms with van der Waals surface area (Å²) in [5.74, 6) is 0.640. The minimum atomic E-state index is -0.516. The zero-order valence-corrected chi connectivity index (χ0v) is 13.1. The Morgan fingerprint density at radius 1 is 1.26 bits per heavy atom. The molecule has 0 bridgehead atoms. The minimum Gasteiger partial charge on any atom is -0.456 e. The first-order valence-electron chi connectivity index (χ1n) is 7.84. The maximum atomic E-state index is 12.8. The highest BCUT2D eigenvalue weighted by Gasteiger charge is 2.33.